The van der Waals surface area contributed by atoms with Crippen molar-refractivity contribution in [3.8, 4) is 0 Å². The third-order valence-corrected chi connectivity index (χ3v) is 4.42. The summed E-state index contributed by atoms with van der Waals surface area (Å²) < 4.78 is 0. The quantitative estimate of drug-likeness (QED) is 0.769. The first-order valence-corrected chi connectivity index (χ1v) is 7.76. The third-order valence-electron chi connectivity index (χ3n) is 3.48. The number of hydrogen-bond acceptors (Lipinski definition) is 4. The molecule has 110 valence electrons. The molecule has 4 nitrogen and oxygen atoms in total. The standard InChI is InChI=1S/C16H19N3OS/c1-18-16(15(17)20,13-7-3-2-4-8-13)10-12-21-14-9-5-6-11-19-14/h2-9,11,18H,10,12H2,1H3,(H2,17,20). The molecule has 0 spiro atoms. The summed E-state index contributed by atoms with van der Waals surface area (Å²) in [4.78, 5) is 16.3. The predicted molar refractivity (Wildman–Crippen MR) is 86.0 cm³/mol. The van der Waals surface area contributed by atoms with Crippen LogP contribution >= 0.6 is 11.8 Å². The highest BCUT2D eigenvalue weighted by Crippen LogP contribution is 2.28. The zero-order valence-electron chi connectivity index (χ0n) is 12.0. The Morgan fingerprint density at radius 1 is 1.24 bits per heavy atom. The van der Waals surface area contributed by atoms with Gasteiger partial charge in [0, 0.05) is 11.9 Å². The van der Waals surface area contributed by atoms with Gasteiger partial charge in [0.25, 0.3) is 0 Å². The van der Waals surface area contributed by atoms with Gasteiger partial charge in [-0.3, -0.25) is 4.79 Å². The van der Waals surface area contributed by atoms with E-state index in [4.69, 9.17) is 5.73 Å². The maximum atomic E-state index is 12.0. The average molecular weight is 301 g/mol. The largest absolute Gasteiger partial charge is 0.368 e. The highest BCUT2D eigenvalue weighted by Gasteiger charge is 2.36. The lowest BCUT2D eigenvalue weighted by atomic mass is 9.86. The Kier molecular flexibility index (Phi) is 5.36. The Morgan fingerprint density at radius 3 is 2.52 bits per heavy atom. The van der Waals surface area contributed by atoms with Crippen LogP contribution in [0.5, 0.6) is 0 Å². The van der Waals surface area contributed by atoms with Crippen molar-refractivity contribution in [1.82, 2.24) is 10.3 Å². The van der Waals surface area contributed by atoms with Gasteiger partial charge in [0.05, 0.1) is 5.03 Å². The summed E-state index contributed by atoms with van der Waals surface area (Å²) in [5.74, 6) is 0.383. The predicted octanol–water partition coefficient (Wildman–Crippen LogP) is 2.16. The number of carbonyl (C=O) groups excluding carboxylic acids is 1. The summed E-state index contributed by atoms with van der Waals surface area (Å²) >= 11 is 1.62. The van der Waals surface area contributed by atoms with Crippen molar-refractivity contribution in [3.63, 3.8) is 0 Å². The normalized spacial score (nSPS) is 13.6. The van der Waals surface area contributed by atoms with Gasteiger partial charge in [0.1, 0.15) is 5.54 Å². The molecule has 1 aromatic carbocycles. The van der Waals surface area contributed by atoms with Crippen LogP contribution in [-0.4, -0.2) is 23.7 Å². The van der Waals surface area contributed by atoms with E-state index in [0.717, 1.165) is 16.3 Å². The second-order valence-electron chi connectivity index (χ2n) is 4.65. The van der Waals surface area contributed by atoms with Crippen LogP contribution in [0.25, 0.3) is 0 Å². The molecule has 1 atom stereocenters. The summed E-state index contributed by atoms with van der Waals surface area (Å²) in [6.07, 6.45) is 2.36. The molecule has 1 amide bonds. The summed E-state index contributed by atoms with van der Waals surface area (Å²) in [5, 5.41) is 4.05. The first-order chi connectivity index (χ1) is 10.2. The summed E-state index contributed by atoms with van der Waals surface area (Å²) in [5.41, 5.74) is 5.71. The minimum atomic E-state index is -0.844. The van der Waals surface area contributed by atoms with Crippen molar-refractivity contribution >= 4 is 17.7 Å². The van der Waals surface area contributed by atoms with E-state index in [-0.39, 0.29) is 5.91 Å². The Balaban J connectivity index is 2.12. The minimum Gasteiger partial charge on any atom is -0.368 e. The molecule has 0 radical (unpaired) electrons. The Labute approximate surface area is 129 Å². The van der Waals surface area contributed by atoms with Gasteiger partial charge in [0.2, 0.25) is 5.91 Å². The lowest BCUT2D eigenvalue weighted by molar-refractivity contribution is -0.124. The van der Waals surface area contributed by atoms with Crippen LogP contribution in [0.2, 0.25) is 0 Å². The van der Waals surface area contributed by atoms with Gasteiger partial charge in [-0.25, -0.2) is 4.98 Å². The van der Waals surface area contributed by atoms with Crippen molar-refractivity contribution in [2.24, 2.45) is 5.73 Å². The monoisotopic (exact) mass is 301 g/mol. The van der Waals surface area contributed by atoms with E-state index in [1.807, 2.05) is 48.5 Å². The summed E-state index contributed by atoms with van der Waals surface area (Å²) in [6, 6.07) is 15.4. The number of nitrogens with two attached hydrogens (primary N) is 1. The first-order valence-electron chi connectivity index (χ1n) is 6.77. The van der Waals surface area contributed by atoms with E-state index in [1.165, 1.54) is 0 Å². The van der Waals surface area contributed by atoms with Gasteiger partial charge in [-0.05, 0) is 31.2 Å². The van der Waals surface area contributed by atoms with E-state index in [2.05, 4.69) is 10.3 Å². The third kappa shape index (κ3) is 3.62. The maximum Gasteiger partial charge on any atom is 0.242 e. The highest BCUT2D eigenvalue weighted by atomic mass is 32.2. The second kappa shape index (κ2) is 7.24. The van der Waals surface area contributed by atoms with Crippen LogP contribution in [0.4, 0.5) is 0 Å². The number of primary amides is 1. The summed E-state index contributed by atoms with van der Waals surface area (Å²) in [6.45, 7) is 0. The van der Waals surface area contributed by atoms with E-state index in [0.29, 0.717) is 6.42 Å². The Bertz CT molecular complexity index is 577. The van der Waals surface area contributed by atoms with Crippen molar-refractivity contribution in [1.29, 1.82) is 0 Å². The topological polar surface area (TPSA) is 68.0 Å². The van der Waals surface area contributed by atoms with Crippen molar-refractivity contribution < 1.29 is 4.79 Å². The van der Waals surface area contributed by atoms with Crippen LogP contribution in [0.15, 0.2) is 59.8 Å². The number of nitrogens with one attached hydrogen (secondary N) is 1. The Morgan fingerprint density at radius 2 is 1.95 bits per heavy atom. The number of nitrogens with zero attached hydrogens (tertiary/aromatic N) is 1. The number of amides is 1. The van der Waals surface area contributed by atoms with Gasteiger partial charge >= 0.3 is 0 Å². The lowest BCUT2D eigenvalue weighted by Gasteiger charge is -2.30. The van der Waals surface area contributed by atoms with Gasteiger partial charge in [-0.1, -0.05) is 36.4 Å². The van der Waals surface area contributed by atoms with Crippen molar-refractivity contribution in [2.75, 3.05) is 12.8 Å². The van der Waals surface area contributed by atoms with Crippen molar-refractivity contribution in [2.45, 2.75) is 17.0 Å². The smallest absolute Gasteiger partial charge is 0.242 e. The van der Waals surface area contributed by atoms with E-state index < -0.39 is 5.54 Å². The fourth-order valence-electron chi connectivity index (χ4n) is 2.27. The summed E-state index contributed by atoms with van der Waals surface area (Å²) in [7, 11) is 1.77. The molecule has 1 aromatic heterocycles. The van der Waals surface area contributed by atoms with Crippen LogP contribution in [-0.2, 0) is 10.3 Å². The van der Waals surface area contributed by atoms with E-state index in [9.17, 15) is 4.79 Å². The van der Waals surface area contributed by atoms with Crippen LogP contribution in [0.1, 0.15) is 12.0 Å². The molecule has 0 saturated heterocycles. The first kappa shape index (κ1) is 15.5. The zero-order chi connectivity index (χ0) is 15.1. The molecule has 0 saturated carbocycles. The Hall–Kier alpha value is -1.85. The molecular formula is C16H19N3OS. The second-order valence-corrected chi connectivity index (χ2v) is 5.77. The van der Waals surface area contributed by atoms with Gasteiger partial charge in [0.15, 0.2) is 0 Å². The SMILES string of the molecule is CNC(CCSc1ccccn1)(C(N)=O)c1ccccc1. The average Bonchev–Trinajstić information content (AvgIpc) is 2.53. The molecule has 0 aliphatic rings. The number of aromatic nitrogens is 1. The fraction of sp³-hybridized carbons (Fsp3) is 0.250. The molecule has 3 N–H and O–H groups in total. The molecule has 5 heteroatoms. The van der Waals surface area contributed by atoms with Crippen LogP contribution in [0, 0.1) is 0 Å². The molecular weight excluding hydrogens is 282 g/mol. The van der Waals surface area contributed by atoms with Crippen molar-refractivity contribution in [3.05, 3.63) is 60.3 Å². The molecule has 0 aliphatic carbocycles. The van der Waals surface area contributed by atoms with Crippen LogP contribution in [0.3, 0.4) is 0 Å². The van der Waals surface area contributed by atoms with Gasteiger partial charge in [-0.2, -0.15) is 0 Å². The minimum absolute atomic E-state index is 0.363. The molecule has 2 aromatic rings. The lowest BCUT2D eigenvalue weighted by Crippen LogP contribution is -2.51. The molecule has 0 bridgehead atoms. The maximum absolute atomic E-state index is 12.0. The van der Waals surface area contributed by atoms with Gasteiger partial charge in [-0.15, -0.1) is 11.8 Å². The van der Waals surface area contributed by atoms with Crippen LogP contribution < -0.4 is 11.1 Å². The van der Waals surface area contributed by atoms with E-state index >= 15 is 0 Å². The number of carbonyl (C=O) groups is 1. The molecule has 1 heterocycles. The fourth-order valence-corrected chi connectivity index (χ4v) is 3.19. The zero-order valence-corrected chi connectivity index (χ0v) is 12.8. The molecule has 2 rings (SSSR count). The number of thioether (sulfide) groups is 1. The number of likely N-dealkylation sites (N-methyl/N-ethyl adjacent to an activating group) is 1. The number of rotatable bonds is 7. The number of pyridine rings is 1. The number of hydrogen-bond donors (Lipinski definition) is 2. The van der Waals surface area contributed by atoms with Gasteiger partial charge < -0.3 is 11.1 Å². The van der Waals surface area contributed by atoms with E-state index in [1.54, 1.807) is 25.0 Å². The molecule has 0 fully saturated rings. The molecule has 21 heavy (non-hydrogen) atoms. The molecule has 0 aliphatic heterocycles. The highest BCUT2D eigenvalue weighted by molar-refractivity contribution is 7.99. The molecule has 1 unspecified atom stereocenters. The number of benzene rings is 1.